The molecule has 0 unspecified atom stereocenters. The zero-order valence-electron chi connectivity index (χ0n) is 18.6. The van der Waals surface area contributed by atoms with Crippen LogP contribution in [-0.2, 0) is 27.2 Å². The van der Waals surface area contributed by atoms with E-state index in [1.807, 2.05) is 0 Å². The Balaban J connectivity index is 2.14. The fourth-order valence-corrected chi connectivity index (χ4v) is 3.56. The summed E-state index contributed by atoms with van der Waals surface area (Å²) in [5, 5.41) is 5.48. The zero-order valence-corrected chi connectivity index (χ0v) is 20.1. The minimum Gasteiger partial charge on any atom is -0.344 e. The number of alkyl halides is 3. The fourth-order valence-electron chi connectivity index (χ4n) is 3.24. The van der Waals surface area contributed by atoms with Crippen LogP contribution >= 0.6 is 23.2 Å². The molecule has 0 aliphatic carbocycles. The molecule has 0 aliphatic heterocycles. The highest BCUT2D eigenvalue weighted by Gasteiger charge is 2.45. The van der Waals surface area contributed by atoms with Crippen LogP contribution in [0.2, 0.25) is 10.0 Å². The van der Waals surface area contributed by atoms with Crippen molar-refractivity contribution >= 4 is 40.8 Å². The van der Waals surface area contributed by atoms with Crippen molar-refractivity contribution in [2.75, 3.05) is 0 Å². The molecular formula is C24H25Cl2F3N2O3. The minimum absolute atomic E-state index is 0.00558. The predicted octanol–water partition coefficient (Wildman–Crippen LogP) is 4.93. The van der Waals surface area contributed by atoms with E-state index < -0.39 is 41.8 Å². The average Bonchev–Trinajstić information content (AvgIpc) is 2.77. The van der Waals surface area contributed by atoms with Gasteiger partial charge in [0.25, 0.3) is 5.78 Å². The molecule has 0 radical (unpaired) electrons. The normalized spacial score (nSPS) is 13.3. The number of ketones is 1. The van der Waals surface area contributed by atoms with Gasteiger partial charge in [0.2, 0.25) is 11.8 Å². The molecule has 5 nitrogen and oxygen atoms in total. The summed E-state index contributed by atoms with van der Waals surface area (Å²) in [5.74, 6) is -4.20. The molecule has 2 atom stereocenters. The van der Waals surface area contributed by atoms with Crippen molar-refractivity contribution in [1.82, 2.24) is 10.6 Å². The lowest BCUT2D eigenvalue weighted by Crippen LogP contribution is -2.56. The summed E-state index contributed by atoms with van der Waals surface area (Å²) >= 11 is 11.9. The lowest BCUT2D eigenvalue weighted by atomic mass is 9.98. The molecule has 34 heavy (non-hydrogen) atoms. The number of carbonyl (C=O) groups excluding carboxylic acids is 3. The lowest BCUT2D eigenvalue weighted by molar-refractivity contribution is -0.175. The first-order chi connectivity index (χ1) is 15.9. The highest BCUT2D eigenvalue weighted by atomic mass is 35.5. The molecule has 0 aliphatic rings. The van der Waals surface area contributed by atoms with Gasteiger partial charge in [-0.2, -0.15) is 13.2 Å². The SMILES string of the molecule is CC(C)[C@H](NC(=O)[C@H](Cc1ccccc1)NC(=O)CCc1ccc(Cl)c(Cl)c1)C(=O)C(F)(F)F. The van der Waals surface area contributed by atoms with E-state index >= 15 is 0 Å². The van der Waals surface area contributed by atoms with Gasteiger partial charge in [-0.15, -0.1) is 0 Å². The molecule has 2 N–H and O–H groups in total. The standard InChI is InChI=1S/C24H25Cl2F3N2O3/c1-14(2)21(22(33)24(27,28)29)31-23(34)19(13-15-6-4-3-5-7-15)30-20(32)11-9-16-8-10-17(25)18(26)12-16/h3-8,10,12,14,19,21H,9,11,13H2,1-2H3,(H,30,32)(H,31,34)/t19-,21-/m0/s1. The number of halogens is 5. The number of Topliss-reactive ketones (excluding diaryl/α,β-unsaturated/α-hetero) is 1. The molecule has 2 aromatic rings. The number of carbonyl (C=O) groups is 3. The van der Waals surface area contributed by atoms with Crippen LogP contribution in [0.3, 0.4) is 0 Å². The van der Waals surface area contributed by atoms with E-state index in [0.29, 0.717) is 22.0 Å². The van der Waals surface area contributed by atoms with Gasteiger partial charge in [-0.3, -0.25) is 14.4 Å². The maximum Gasteiger partial charge on any atom is 0.452 e. The molecule has 2 amide bonds. The molecule has 0 bridgehead atoms. The van der Waals surface area contributed by atoms with Gasteiger partial charge in [-0.05, 0) is 35.6 Å². The van der Waals surface area contributed by atoms with Crippen LogP contribution < -0.4 is 10.6 Å². The van der Waals surface area contributed by atoms with E-state index in [2.05, 4.69) is 10.6 Å². The predicted molar refractivity (Wildman–Crippen MR) is 125 cm³/mol. The van der Waals surface area contributed by atoms with E-state index in [1.54, 1.807) is 48.5 Å². The Morgan fingerprint density at radius 3 is 2.12 bits per heavy atom. The van der Waals surface area contributed by atoms with Crippen LogP contribution in [0, 0.1) is 5.92 Å². The molecule has 0 saturated heterocycles. The zero-order chi connectivity index (χ0) is 25.5. The molecule has 0 spiro atoms. The number of aryl methyl sites for hydroxylation is 1. The van der Waals surface area contributed by atoms with Crippen LogP contribution in [0.15, 0.2) is 48.5 Å². The second-order valence-electron chi connectivity index (χ2n) is 8.15. The van der Waals surface area contributed by atoms with Crippen molar-refractivity contribution in [3.05, 3.63) is 69.7 Å². The Hall–Kier alpha value is -2.58. The third-order valence-corrected chi connectivity index (χ3v) is 5.82. The van der Waals surface area contributed by atoms with Crippen LogP contribution in [0.5, 0.6) is 0 Å². The first-order valence-corrected chi connectivity index (χ1v) is 11.3. The van der Waals surface area contributed by atoms with Crippen molar-refractivity contribution in [3.63, 3.8) is 0 Å². The van der Waals surface area contributed by atoms with Gasteiger partial charge in [0, 0.05) is 12.8 Å². The van der Waals surface area contributed by atoms with E-state index in [1.165, 1.54) is 13.8 Å². The first kappa shape index (κ1) is 27.7. The topological polar surface area (TPSA) is 75.3 Å². The summed E-state index contributed by atoms with van der Waals surface area (Å²) in [6.07, 6.45) is -4.74. The number of amides is 2. The molecule has 10 heteroatoms. The number of rotatable bonds is 10. The third-order valence-electron chi connectivity index (χ3n) is 5.09. The molecule has 0 aromatic heterocycles. The van der Waals surface area contributed by atoms with Gasteiger partial charge in [-0.25, -0.2) is 0 Å². The molecule has 184 valence electrons. The molecule has 0 fully saturated rings. The number of hydrogen-bond donors (Lipinski definition) is 2. The Bertz CT molecular complexity index is 1010. The Kier molecular flexibility index (Phi) is 9.94. The van der Waals surface area contributed by atoms with Crippen molar-refractivity contribution in [2.24, 2.45) is 5.92 Å². The quantitative estimate of drug-likeness (QED) is 0.470. The second kappa shape index (κ2) is 12.2. The van der Waals surface area contributed by atoms with E-state index in [9.17, 15) is 27.6 Å². The molecule has 0 heterocycles. The summed E-state index contributed by atoms with van der Waals surface area (Å²) in [6.45, 7) is 2.80. The smallest absolute Gasteiger partial charge is 0.344 e. The lowest BCUT2D eigenvalue weighted by Gasteiger charge is -2.25. The van der Waals surface area contributed by atoms with Crippen molar-refractivity contribution in [2.45, 2.75) is 51.4 Å². The van der Waals surface area contributed by atoms with Crippen LogP contribution in [-0.4, -0.2) is 35.9 Å². The summed E-state index contributed by atoms with van der Waals surface area (Å²) < 4.78 is 39.0. The van der Waals surface area contributed by atoms with Gasteiger partial charge in [0.05, 0.1) is 16.1 Å². The summed E-state index contributed by atoms with van der Waals surface area (Å²) in [6, 6.07) is 10.7. The Labute approximate surface area is 206 Å². The van der Waals surface area contributed by atoms with E-state index in [4.69, 9.17) is 23.2 Å². The second-order valence-corrected chi connectivity index (χ2v) is 8.96. The summed E-state index contributed by atoms with van der Waals surface area (Å²) in [4.78, 5) is 37.3. The number of hydrogen-bond acceptors (Lipinski definition) is 3. The molecular weight excluding hydrogens is 492 g/mol. The molecule has 2 rings (SSSR count). The fraction of sp³-hybridized carbons (Fsp3) is 0.375. The minimum atomic E-state index is -5.10. The summed E-state index contributed by atoms with van der Waals surface area (Å²) in [5.41, 5.74) is 1.44. The molecule has 0 saturated carbocycles. The monoisotopic (exact) mass is 516 g/mol. The maximum absolute atomic E-state index is 13.0. The van der Waals surface area contributed by atoms with Crippen molar-refractivity contribution in [1.29, 1.82) is 0 Å². The highest BCUT2D eigenvalue weighted by molar-refractivity contribution is 6.42. The van der Waals surface area contributed by atoms with Crippen molar-refractivity contribution < 1.29 is 27.6 Å². The first-order valence-electron chi connectivity index (χ1n) is 10.6. The van der Waals surface area contributed by atoms with E-state index in [-0.39, 0.29) is 12.8 Å². The number of nitrogens with one attached hydrogen (secondary N) is 2. The van der Waals surface area contributed by atoms with Gasteiger partial charge in [-0.1, -0.05) is 73.4 Å². The largest absolute Gasteiger partial charge is 0.452 e. The maximum atomic E-state index is 13.0. The molecule has 2 aromatic carbocycles. The highest BCUT2D eigenvalue weighted by Crippen LogP contribution is 2.23. The van der Waals surface area contributed by atoms with Crippen LogP contribution in [0.25, 0.3) is 0 Å². The Morgan fingerprint density at radius 2 is 1.56 bits per heavy atom. The van der Waals surface area contributed by atoms with Gasteiger partial charge < -0.3 is 10.6 Å². The number of benzene rings is 2. The van der Waals surface area contributed by atoms with E-state index in [0.717, 1.165) is 5.56 Å². The van der Waals surface area contributed by atoms with Crippen LogP contribution in [0.1, 0.15) is 31.4 Å². The van der Waals surface area contributed by atoms with Gasteiger partial charge in [0.15, 0.2) is 0 Å². The average molecular weight is 517 g/mol. The van der Waals surface area contributed by atoms with Crippen LogP contribution in [0.4, 0.5) is 13.2 Å². The van der Waals surface area contributed by atoms with Gasteiger partial charge in [0.1, 0.15) is 6.04 Å². The third kappa shape index (κ3) is 8.33. The summed E-state index contributed by atoms with van der Waals surface area (Å²) in [7, 11) is 0. The Morgan fingerprint density at radius 1 is 0.912 bits per heavy atom. The van der Waals surface area contributed by atoms with Crippen molar-refractivity contribution in [3.8, 4) is 0 Å². The van der Waals surface area contributed by atoms with Gasteiger partial charge >= 0.3 is 6.18 Å².